The van der Waals surface area contributed by atoms with Crippen molar-refractivity contribution in [3.8, 4) is 0 Å². The van der Waals surface area contributed by atoms with E-state index in [0.717, 1.165) is 10.9 Å². The van der Waals surface area contributed by atoms with Gasteiger partial charge in [0.25, 0.3) is 5.91 Å². The highest BCUT2D eigenvalue weighted by molar-refractivity contribution is 5.98. The molecule has 22 heavy (non-hydrogen) atoms. The second kappa shape index (κ2) is 6.50. The number of nitrogens with zero attached hydrogens (tertiary/aromatic N) is 2. The first-order valence-electron chi connectivity index (χ1n) is 7.51. The topological polar surface area (TPSA) is 65.7 Å². The van der Waals surface area contributed by atoms with E-state index < -0.39 is 5.41 Å². The van der Waals surface area contributed by atoms with E-state index >= 15 is 0 Å². The minimum Gasteiger partial charge on any atom is -0.396 e. The molecule has 2 rings (SSSR count). The summed E-state index contributed by atoms with van der Waals surface area (Å²) in [4.78, 5) is 14.3. The first-order valence-corrected chi connectivity index (χ1v) is 7.51. The van der Waals surface area contributed by atoms with Crippen LogP contribution in [0.1, 0.15) is 24.3 Å². The summed E-state index contributed by atoms with van der Waals surface area (Å²) in [6.45, 7) is 4.43. The maximum atomic E-state index is 12.7. The first kappa shape index (κ1) is 16.5. The Balaban J connectivity index is 2.33. The van der Waals surface area contributed by atoms with Gasteiger partial charge in [-0.3, -0.25) is 4.79 Å². The van der Waals surface area contributed by atoms with Gasteiger partial charge in [-0.2, -0.15) is 0 Å². The number of carbonyl (C=O) groups is 1. The molecule has 1 aromatic heterocycles. The maximum Gasteiger partial charge on any atom is 0.270 e. The van der Waals surface area contributed by atoms with Crippen molar-refractivity contribution in [2.75, 3.05) is 26.8 Å². The monoisotopic (exact) mass is 304 g/mol. The second-order valence-corrected chi connectivity index (χ2v) is 6.12. The summed E-state index contributed by atoms with van der Waals surface area (Å²) in [5.41, 5.74) is 0.964. The minimum atomic E-state index is -0.701. The van der Waals surface area contributed by atoms with Crippen LogP contribution in [0, 0.1) is 5.41 Å². The van der Waals surface area contributed by atoms with Gasteiger partial charge in [0.15, 0.2) is 0 Å². The summed E-state index contributed by atoms with van der Waals surface area (Å²) in [7, 11) is 1.70. The van der Waals surface area contributed by atoms with Crippen molar-refractivity contribution in [2.45, 2.75) is 20.4 Å². The molecular formula is C17H24N2O3. The van der Waals surface area contributed by atoms with Gasteiger partial charge in [0.05, 0.1) is 13.2 Å². The van der Waals surface area contributed by atoms with Gasteiger partial charge in [-0.1, -0.05) is 25.1 Å². The van der Waals surface area contributed by atoms with E-state index in [2.05, 4.69) is 0 Å². The zero-order valence-electron chi connectivity index (χ0n) is 13.4. The standard InChI is InChI=1S/C17H24N2O3/c1-4-19-14-8-6-5-7-13(14)9-15(19)16(22)18(3)10-17(2,11-20)12-21/h5-9,20-21H,4,10-12H2,1-3H3. The number of benzene rings is 1. The molecule has 0 aliphatic heterocycles. The van der Waals surface area contributed by atoms with E-state index in [4.69, 9.17) is 0 Å². The Hall–Kier alpha value is -1.85. The number of aliphatic hydroxyl groups is 2. The number of rotatable bonds is 6. The van der Waals surface area contributed by atoms with E-state index in [0.29, 0.717) is 18.8 Å². The highest BCUT2D eigenvalue weighted by Gasteiger charge is 2.28. The molecular weight excluding hydrogens is 280 g/mol. The smallest absolute Gasteiger partial charge is 0.270 e. The number of aromatic nitrogens is 1. The molecule has 0 spiro atoms. The van der Waals surface area contributed by atoms with Gasteiger partial charge in [0.2, 0.25) is 0 Å². The third kappa shape index (κ3) is 3.00. The number of amides is 1. The largest absolute Gasteiger partial charge is 0.396 e. The van der Waals surface area contributed by atoms with Gasteiger partial charge in [0.1, 0.15) is 5.69 Å². The van der Waals surface area contributed by atoms with Gasteiger partial charge in [-0.05, 0) is 19.1 Å². The average molecular weight is 304 g/mol. The predicted octanol–water partition coefficient (Wildman–Crippen LogP) is 1.72. The molecule has 0 fully saturated rings. The molecule has 2 N–H and O–H groups in total. The molecule has 1 amide bonds. The molecule has 0 unspecified atom stereocenters. The molecule has 0 aliphatic rings. The lowest BCUT2D eigenvalue weighted by Gasteiger charge is -2.30. The summed E-state index contributed by atoms with van der Waals surface area (Å²) in [5, 5.41) is 19.8. The van der Waals surface area contributed by atoms with E-state index in [1.54, 1.807) is 18.9 Å². The van der Waals surface area contributed by atoms with Gasteiger partial charge < -0.3 is 19.7 Å². The van der Waals surface area contributed by atoms with Crippen molar-refractivity contribution >= 4 is 16.8 Å². The molecule has 0 bridgehead atoms. The molecule has 0 saturated heterocycles. The Bertz CT molecular complexity index is 659. The molecule has 0 atom stereocenters. The number of hydrogen-bond donors (Lipinski definition) is 2. The molecule has 1 heterocycles. The Morgan fingerprint density at radius 2 is 1.91 bits per heavy atom. The van der Waals surface area contributed by atoms with Gasteiger partial charge in [0, 0.05) is 36.5 Å². The highest BCUT2D eigenvalue weighted by Crippen LogP contribution is 2.22. The van der Waals surface area contributed by atoms with Gasteiger partial charge >= 0.3 is 0 Å². The van der Waals surface area contributed by atoms with Crippen LogP contribution in [-0.2, 0) is 6.54 Å². The van der Waals surface area contributed by atoms with E-state index in [9.17, 15) is 15.0 Å². The Morgan fingerprint density at radius 3 is 2.50 bits per heavy atom. The van der Waals surface area contributed by atoms with E-state index in [1.807, 2.05) is 41.8 Å². The Kier molecular flexibility index (Phi) is 4.88. The fourth-order valence-electron chi connectivity index (χ4n) is 2.72. The van der Waals surface area contributed by atoms with Crippen LogP contribution in [-0.4, -0.2) is 52.4 Å². The normalized spacial score (nSPS) is 11.9. The summed E-state index contributed by atoms with van der Waals surface area (Å²) in [6.07, 6.45) is 0. The van der Waals surface area contributed by atoms with E-state index in [1.165, 1.54) is 0 Å². The molecule has 0 aliphatic carbocycles. The molecule has 1 aromatic carbocycles. The van der Waals surface area contributed by atoms with E-state index in [-0.39, 0.29) is 19.1 Å². The number of para-hydroxylation sites is 1. The van der Waals surface area contributed by atoms with Crippen LogP contribution in [0.5, 0.6) is 0 Å². The van der Waals surface area contributed by atoms with Crippen LogP contribution in [0.25, 0.3) is 10.9 Å². The van der Waals surface area contributed by atoms with Crippen LogP contribution in [0.15, 0.2) is 30.3 Å². The molecule has 2 aromatic rings. The molecule has 5 heteroatoms. The fraction of sp³-hybridized carbons (Fsp3) is 0.471. The molecule has 0 radical (unpaired) electrons. The number of aliphatic hydroxyl groups excluding tert-OH is 2. The predicted molar refractivity (Wildman–Crippen MR) is 86.9 cm³/mol. The molecule has 5 nitrogen and oxygen atoms in total. The van der Waals surface area contributed by atoms with Crippen molar-refractivity contribution in [3.63, 3.8) is 0 Å². The lowest BCUT2D eigenvalue weighted by molar-refractivity contribution is 0.0361. The summed E-state index contributed by atoms with van der Waals surface area (Å²) >= 11 is 0. The van der Waals surface area contributed by atoms with Crippen LogP contribution >= 0.6 is 0 Å². The van der Waals surface area contributed by atoms with Crippen molar-refractivity contribution in [2.24, 2.45) is 5.41 Å². The van der Waals surface area contributed by atoms with Gasteiger partial charge in [-0.25, -0.2) is 0 Å². The number of aryl methyl sites for hydroxylation is 1. The first-order chi connectivity index (χ1) is 10.5. The number of hydrogen-bond acceptors (Lipinski definition) is 3. The van der Waals surface area contributed by atoms with Crippen LogP contribution < -0.4 is 0 Å². The highest BCUT2D eigenvalue weighted by atomic mass is 16.3. The fourth-order valence-corrected chi connectivity index (χ4v) is 2.72. The zero-order chi connectivity index (χ0) is 16.3. The maximum absolute atomic E-state index is 12.7. The van der Waals surface area contributed by atoms with Crippen molar-refractivity contribution < 1.29 is 15.0 Å². The molecule has 0 saturated carbocycles. The van der Waals surface area contributed by atoms with Crippen molar-refractivity contribution in [1.82, 2.24) is 9.47 Å². The van der Waals surface area contributed by atoms with Gasteiger partial charge in [-0.15, -0.1) is 0 Å². The van der Waals surface area contributed by atoms with Crippen molar-refractivity contribution in [3.05, 3.63) is 36.0 Å². The summed E-state index contributed by atoms with van der Waals surface area (Å²) in [5.74, 6) is -0.105. The summed E-state index contributed by atoms with van der Waals surface area (Å²) < 4.78 is 1.99. The third-order valence-corrected chi connectivity index (χ3v) is 4.07. The minimum absolute atomic E-state index is 0.105. The SMILES string of the molecule is CCn1c(C(=O)N(C)CC(C)(CO)CO)cc2ccccc21. The third-order valence-electron chi connectivity index (χ3n) is 4.07. The lowest BCUT2D eigenvalue weighted by atomic mass is 9.92. The average Bonchev–Trinajstić information content (AvgIpc) is 2.92. The van der Waals surface area contributed by atoms with Crippen molar-refractivity contribution in [1.29, 1.82) is 0 Å². The lowest BCUT2D eigenvalue weighted by Crippen LogP contribution is -2.42. The second-order valence-electron chi connectivity index (χ2n) is 6.12. The van der Waals surface area contributed by atoms with Crippen LogP contribution in [0.4, 0.5) is 0 Å². The Labute approximate surface area is 130 Å². The van der Waals surface area contributed by atoms with Crippen LogP contribution in [0.3, 0.4) is 0 Å². The number of fused-ring (bicyclic) bond motifs is 1. The summed E-state index contributed by atoms with van der Waals surface area (Å²) in [6, 6.07) is 9.80. The Morgan fingerprint density at radius 1 is 1.27 bits per heavy atom. The number of carbonyl (C=O) groups excluding carboxylic acids is 1. The quantitative estimate of drug-likeness (QED) is 0.854. The van der Waals surface area contributed by atoms with Crippen LogP contribution in [0.2, 0.25) is 0 Å². The zero-order valence-corrected chi connectivity index (χ0v) is 13.4. The molecule has 120 valence electrons.